The first kappa shape index (κ1) is 12.4. The molecule has 2 bridgehead atoms. The lowest BCUT2D eigenvalue weighted by molar-refractivity contribution is 0.259. The first-order valence-corrected chi connectivity index (χ1v) is 7.40. The monoisotopic (exact) mass is 223 g/mol. The van der Waals surface area contributed by atoms with Gasteiger partial charge in [-0.2, -0.15) is 0 Å². The van der Waals surface area contributed by atoms with Gasteiger partial charge in [0, 0.05) is 6.04 Å². The summed E-state index contributed by atoms with van der Waals surface area (Å²) in [6.07, 6.45) is 8.83. The molecule has 0 aromatic heterocycles. The maximum absolute atomic E-state index is 3.76. The molecule has 1 N–H and O–H groups in total. The molecule has 0 aliphatic heterocycles. The summed E-state index contributed by atoms with van der Waals surface area (Å²) >= 11 is 0. The van der Waals surface area contributed by atoms with E-state index < -0.39 is 0 Å². The Morgan fingerprint density at radius 1 is 1.12 bits per heavy atom. The van der Waals surface area contributed by atoms with Crippen LogP contribution in [0.1, 0.15) is 59.3 Å². The van der Waals surface area contributed by atoms with Crippen LogP contribution in [-0.2, 0) is 0 Å². The molecule has 0 aromatic rings. The number of rotatable bonds is 6. The third-order valence-corrected chi connectivity index (χ3v) is 4.86. The highest BCUT2D eigenvalue weighted by Gasteiger charge is 2.41. The van der Waals surface area contributed by atoms with Crippen LogP contribution in [-0.4, -0.2) is 12.6 Å². The van der Waals surface area contributed by atoms with Gasteiger partial charge in [0.25, 0.3) is 0 Å². The minimum Gasteiger partial charge on any atom is -0.314 e. The van der Waals surface area contributed by atoms with Gasteiger partial charge in [-0.05, 0) is 69.2 Å². The molecule has 1 nitrogen and oxygen atoms in total. The Kier molecular flexibility index (Phi) is 4.29. The predicted octanol–water partition coefficient (Wildman–Crippen LogP) is 3.84. The second-order valence-corrected chi connectivity index (χ2v) is 6.62. The summed E-state index contributed by atoms with van der Waals surface area (Å²) in [5.41, 5.74) is 0. The van der Waals surface area contributed by atoms with Crippen LogP contribution >= 0.6 is 0 Å². The van der Waals surface area contributed by atoms with Crippen molar-refractivity contribution in [2.45, 2.75) is 65.3 Å². The van der Waals surface area contributed by atoms with Crippen LogP contribution in [0.15, 0.2) is 0 Å². The quantitative estimate of drug-likeness (QED) is 0.675. The zero-order chi connectivity index (χ0) is 11.5. The molecule has 0 radical (unpaired) electrons. The van der Waals surface area contributed by atoms with Crippen molar-refractivity contribution in [2.75, 3.05) is 6.54 Å². The zero-order valence-corrected chi connectivity index (χ0v) is 11.3. The van der Waals surface area contributed by atoms with Crippen LogP contribution in [0.2, 0.25) is 0 Å². The summed E-state index contributed by atoms with van der Waals surface area (Å²) in [6.45, 7) is 8.28. The number of hydrogen-bond donors (Lipinski definition) is 1. The van der Waals surface area contributed by atoms with E-state index in [1.807, 2.05) is 0 Å². The van der Waals surface area contributed by atoms with Gasteiger partial charge in [0.1, 0.15) is 0 Å². The standard InChI is InChI=1S/C15H29N/c1-11(2)5-4-8-16-12(3)15-10-13-6-7-14(15)9-13/h11-16H,4-10H2,1-3H3. The molecule has 2 aliphatic carbocycles. The average Bonchev–Trinajstić information content (AvgIpc) is 2.85. The van der Waals surface area contributed by atoms with Crippen molar-refractivity contribution in [3.05, 3.63) is 0 Å². The van der Waals surface area contributed by atoms with Crippen LogP contribution < -0.4 is 5.32 Å². The molecule has 4 atom stereocenters. The molecule has 2 aliphatic rings. The summed E-state index contributed by atoms with van der Waals surface area (Å²) in [5.74, 6) is 4.02. The van der Waals surface area contributed by atoms with Gasteiger partial charge in [0.05, 0.1) is 0 Å². The Morgan fingerprint density at radius 3 is 2.50 bits per heavy atom. The first-order chi connectivity index (χ1) is 7.66. The Bertz CT molecular complexity index is 211. The second-order valence-electron chi connectivity index (χ2n) is 6.62. The van der Waals surface area contributed by atoms with Gasteiger partial charge in [-0.15, -0.1) is 0 Å². The summed E-state index contributed by atoms with van der Waals surface area (Å²) in [7, 11) is 0. The Hall–Kier alpha value is -0.0400. The van der Waals surface area contributed by atoms with Crippen LogP contribution in [0.3, 0.4) is 0 Å². The molecule has 16 heavy (non-hydrogen) atoms. The number of nitrogens with one attached hydrogen (secondary N) is 1. The molecule has 0 amide bonds. The Balaban J connectivity index is 1.63. The smallest absolute Gasteiger partial charge is 0.00697 e. The second kappa shape index (κ2) is 5.53. The molecule has 2 saturated carbocycles. The van der Waals surface area contributed by atoms with Crippen molar-refractivity contribution in [1.82, 2.24) is 5.32 Å². The van der Waals surface area contributed by atoms with Crippen molar-refractivity contribution >= 4 is 0 Å². The maximum Gasteiger partial charge on any atom is 0.00697 e. The molecule has 0 aromatic carbocycles. The van der Waals surface area contributed by atoms with Crippen molar-refractivity contribution in [3.63, 3.8) is 0 Å². The molecule has 2 rings (SSSR count). The molecule has 1 heteroatoms. The maximum atomic E-state index is 3.76. The molecule has 94 valence electrons. The topological polar surface area (TPSA) is 12.0 Å². The van der Waals surface area contributed by atoms with E-state index in [2.05, 4.69) is 26.1 Å². The largest absolute Gasteiger partial charge is 0.314 e. The summed E-state index contributed by atoms with van der Waals surface area (Å²) in [4.78, 5) is 0. The van der Waals surface area contributed by atoms with Gasteiger partial charge in [-0.3, -0.25) is 0 Å². The first-order valence-electron chi connectivity index (χ1n) is 7.40. The molecule has 4 unspecified atom stereocenters. The van der Waals surface area contributed by atoms with E-state index in [0.717, 1.165) is 29.7 Å². The fourth-order valence-electron chi connectivity index (χ4n) is 3.90. The van der Waals surface area contributed by atoms with E-state index in [9.17, 15) is 0 Å². The van der Waals surface area contributed by atoms with E-state index in [4.69, 9.17) is 0 Å². The highest BCUT2D eigenvalue weighted by molar-refractivity contribution is 4.93. The highest BCUT2D eigenvalue weighted by Crippen LogP contribution is 2.49. The highest BCUT2D eigenvalue weighted by atomic mass is 14.9. The minimum absolute atomic E-state index is 0.766. The third-order valence-electron chi connectivity index (χ3n) is 4.86. The van der Waals surface area contributed by atoms with E-state index in [1.165, 1.54) is 38.6 Å². The lowest BCUT2D eigenvalue weighted by atomic mass is 9.84. The van der Waals surface area contributed by atoms with Crippen molar-refractivity contribution in [1.29, 1.82) is 0 Å². The lowest BCUT2D eigenvalue weighted by Crippen LogP contribution is -2.36. The van der Waals surface area contributed by atoms with E-state index in [0.29, 0.717) is 0 Å². The van der Waals surface area contributed by atoms with E-state index in [-0.39, 0.29) is 0 Å². The van der Waals surface area contributed by atoms with Crippen LogP contribution in [0.25, 0.3) is 0 Å². The Labute approximate surface area is 101 Å². The Morgan fingerprint density at radius 2 is 1.94 bits per heavy atom. The van der Waals surface area contributed by atoms with Crippen molar-refractivity contribution < 1.29 is 0 Å². The molecular formula is C15H29N. The van der Waals surface area contributed by atoms with Gasteiger partial charge < -0.3 is 5.32 Å². The summed E-state index contributed by atoms with van der Waals surface area (Å²) in [5, 5.41) is 3.76. The summed E-state index contributed by atoms with van der Waals surface area (Å²) in [6, 6.07) is 0.766. The zero-order valence-electron chi connectivity index (χ0n) is 11.3. The fourth-order valence-corrected chi connectivity index (χ4v) is 3.90. The molecule has 0 spiro atoms. The van der Waals surface area contributed by atoms with Gasteiger partial charge in [-0.25, -0.2) is 0 Å². The van der Waals surface area contributed by atoms with Crippen LogP contribution in [0, 0.1) is 23.7 Å². The van der Waals surface area contributed by atoms with Crippen LogP contribution in [0.4, 0.5) is 0 Å². The third kappa shape index (κ3) is 3.00. The van der Waals surface area contributed by atoms with Gasteiger partial charge >= 0.3 is 0 Å². The van der Waals surface area contributed by atoms with E-state index >= 15 is 0 Å². The molecule has 0 saturated heterocycles. The SMILES string of the molecule is CC(C)CCCNC(C)C1CC2CCC1C2. The normalized spacial score (nSPS) is 34.9. The minimum atomic E-state index is 0.766. The number of fused-ring (bicyclic) bond motifs is 2. The fraction of sp³-hybridized carbons (Fsp3) is 1.00. The lowest BCUT2D eigenvalue weighted by Gasteiger charge is -2.28. The predicted molar refractivity (Wildman–Crippen MR) is 70.5 cm³/mol. The van der Waals surface area contributed by atoms with Gasteiger partial charge in [0.15, 0.2) is 0 Å². The van der Waals surface area contributed by atoms with E-state index in [1.54, 1.807) is 6.42 Å². The molecule has 0 heterocycles. The van der Waals surface area contributed by atoms with Gasteiger partial charge in [-0.1, -0.05) is 20.3 Å². The van der Waals surface area contributed by atoms with Crippen molar-refractivity contribution in [3.8, 4) is 0 Å². The van der Waals surface area contributed by atoms with Crippen molar-refractivity contribution in [2.24, 2.45) is 23.7 Å². The molecule has 2 fully saturated rings. The summed E-state index contributed by atoms with van der Waals surface area (Å²) < 4.78 is 0. The van der Waals surface area contributed by atoms with Gasteiger partial charge in [0.2, 0.25) is 0 Å². The number of hydrogen-bond acceptors (Lipinski definition) is 1. The van der Waals surface area contributed by atoms with Crippen LogP contribution in [0.5, 0.6) is 0 Å². The molecular weight excluding hydrogens is 194 g/mol. The average molecular weight is 223 g/mol.